The second-order valence-corrected chi connectivity index (χ2v) is 10.9. The van der Waals surface area contributed by atoms with Gasteiger partial charge in [-0.2, -0.15) is 18.3 Å². The fourth-order valence-electron chi connectivity index (χ4n) is 4.33. The third-order valence-electron chi connectivity index (χ3n) is 6.25. The average Bonchev–Trinajstić information content (AvgIpc) is 3.38. The van der Waals surface area contributed by atoms with Crippen molar-refractivity contribution in [2.75, 3.05) is 23.8 Å². The first-order valence-corrected chi connectivity index (χ1v) is 13.5. The maximum atomic E-state index is 13.1. The molecule has 14 heteroatoms. The lowest BCUT2D eigenvalue weighted by atomic mass is 10.2. The summed E-state index contributed by atoms with van der Waals surface area (Å²) in [4.78, 5) is 43.7. The molecule has 3 aromatic rings. The number of alkyl halides is 3. The van der Waals surface area contributed by atoms with Crippen LogP contribution in [-0.2, 0) is 25.6 Å². The number of ether oxygens (including phenoxy) is 2. The molecule has 0 spiro atoms. The maximum absolute atomic E-state index is 13.1. The summed E-state index contributed by atoms with van der Waals surface area (Å²) in [5.41, 5.74) is 0.0168. The smallest absolute Gasteiger partial charge is 0.413 e. The van der Waals surface area contributed by atoms with Crippen molar-refractivity contribution in [1.82, 2.24) is 19.7 Å². The number of carbonyl (C=O) groups excluding carboxylic acids is 3. The molecule has 226 valence electrons. The first-order chi connectivity index (χ1) is 19.8. The molecule has 0 radical (unpaired) electrons. The molecule has 0 aliphatic carbocycles. The molecule has 4 rings (SSSR count). The van der Waals surface area contributed by atoms with Crippen LogP contribution in [0.4, 0.5) is 29.5 Å². The maximum Gasteiger partial charge on any atom is 0.413 e. The number of anilines is 2. The molecule has 1 unspecified atom stereocenters. The van der Waals surface area contributed by atoms with Crippen LogP contribution in [0.15, 0.2) is 42.7 Å². The zero-order chi connectivity index (χ0) is 30.5. The van der Waals surface area contributed by atoms with E-state index in [2.05, 4.69) is 20.7 Å². The Hall–Kier alpha value is -4.20. The molecule has 3 amide bonds. The van der Waals surface area contributed by atoms with Crippen LogP contribution in [-0.4, -0.2) is 62.5 Å². The second kappa shape index (κ2) is 12.8. The standard InChI is InChI=1S/C28H33F3N6O5/c1-27(2,3)42-26(40)34-23-19-17-37(21-11-7-8-14-41-21)35-22(19)20(15-32-23)33-24(38)25(39)36(13-12-28(29,30)31)16-18-9-5-4-6-10-18/h4-6,9-10,15,17,21H,7-8,11-14,16H2,1-3H3,(H,33,38)(H,32,34,40). The van der Waals surface area contributed by atoms with Crippen LogP contribution in [0.1, 0.15) is 58.2 Å². The molecule has 2 aromatic heterocycles. The summed E-state index contributed by atoms with van der Waals surface area (Å²) in [7, 11) is 0. The van der Waals surface area contributed by atoms with E-state index in [1.165, 1.54) is 6.20 Å². The third-order valence-corrected chi connectivity index (χ3v) is 6.25. The van der Waals surface area contributed by atoms with Crippen molar-refractivity contribution in [1.29, 1.82) is 0 Å². The lowest BCUT2D eigenvalue weighted by molar-refractivity contribution is -0.151. The van der Waals surface area contributed by atoms with Crippen LogP contribution in [0.3, 0.4) is 0 Å². The SMILES string of the molecule is CC(C)(C)OC(=O)Nc1ncc(NC(=O)C(=O)N(CCC(F)(F)F)Cc2ccccc2)c2nn(C3CCCCO3)cc12. The highest BCUT2D eigenvalue weighted by molar-refractivity contribution is 6.40. The number of amides is 3. The summed E-state index contributed by atoms with van der Waals surface area (Å²) in [6.07, 6.45) is -1.64. The Morgan fingerprint density at radius 3 is 2.50 bits per heavy atom. The van der Waals surface area contributed by atoms with Crippen molar-refractivity contribution in [3.63, 3.8) is 0 Å². The monoisotopic (exact) mass is 590 g/mol. The molecule has 1 aliphatic rings. The molecule has 0 saturated carbocycles. The highest BCUT2D eigenvalue weighted by Crippen LogP contribution is 2.31. The van der Waals surface area contributed by atoms with Gasteiger partial charge >= 0.3 is 24.1 Å². The van der Waals surface area contributed by atoms with E-state index >= 15 is 0 Å². The van der Waals surface area contributed by atoms with Gasteiger partial charge in [-0.25, -0.2) is 14.5 Å². The minimum atomic E-state index is -4.52. The molecular weight excluding hydrogens is 557 g/mol. The van der Waals surface area contributed by atoms with Gasteiger partial charge in [0.25, 0.3) is 0 Å². The van der Waals surface area contributed by atoms with Gasteiger partial charge in [-0.1, -0.05) is 30.3 Å². The first-order valence-electron chi connectivity index (χ1n) is 13.5. The van der Waals surface area contributed by atoms with Crippen LogP contribution < -0.4 is 10.6 Å². The summed E-state index contributed by atoms with van der Waals surface area (Å²) in [5.74, 6) is -2.21. The van der Waals surface area contributed by atoms with E-state index in [9.17, 15) is 27.6 Å². The van der Waals surface area contributed by atoms with E-state index in [-0.39, 0.29) is 23.6 Å². The van der Waals surface area contributed by atoms with Gasteiger partial charge in [0.2, 0.25) is 0 Å². The Morgan fingerprint density at radius 1 is 1.12 bits per heavy atom. The molecule has 42 heavy (non-hydrogen) atoms. The predicted octanol–water partition coefficient (Wildman–Crippen LogP) is 5.40. The fraction of sp³-hybridized carbons (Fsp3) is 0.464. The topological polar surface area (TPSA) is 128 Å². The van der Waals surface area contributed by atoms with Crippen molar-refractivity contribution >= 4 is 40.3 Å². The van der Waals surface area contributed by atoms with Crippen LogP contribution in [0, 0.1) is 0 Å². The largest absolute Gasteiger partial charge is 0.444 e. The number of hydrogen-bond donors (Lipinski definition) is 2. The summed E-state index contributed by atoms with van der Waals surface area (Å²) >= 11 is 0. The fourth-order valence-corrected chi connectivity index (χ4v) is 4.33. The number of nitrogens with zero attached hydrogens (tertiary/aromatic N) is 4. The molecule has 1 fully saturated rings. The molecule has 2 N–H and O–H groups in total. The Balaban J connectivity index is 1.61. The molecule has 1 aliphatic heterocycles. The quantitative estimate of drug-likeness (QED) is 0.353. The average molecular weight is 591 g/mol. The number of benzene rings is 1. The minimum Gasteiger partial charge on any atom is -0.444 e. The lowest BCUT2D eigenvalue weighted by Crippen LogP contribution is -2.41. The van der Waals surface area contributed by atoms with Gasteiger partial charge in [0.05, 0.1) is 23.7 Å². The van der Waals surface area contributed by atoms with Crippen molar-refractivity contribution in [2.24, 2.45) is 0 Å². The van der Waals surface area contributed by atoms with E-state index in [1.54, 1.807) is 62.0 Å². The van der Waals surface area contributed by atoms with Gasteiger partial charge in [-0.3, -0.25) is 14.9 Å². The van der Waals surface area contributed by atoms with E-state index in [0.29, 0.717) is 24.0 Å². The number of carbonyl (C=O) groups is 3. The lowest BCUT2D eigenvalue weighted by Gasteiger charge is -2.23. The highest BCUT2D eigenvalue weighted by Gasteiger charge is 2.31. The summed E-state index contributed by atoms with van der Waals surface area (Å²) in [6.45, 7) is 4.77. The Kier molecular flexibility index (Phi) is 9.34. The first kappa shape index (κ1) is 30.8. The van der Waals surface area contributed by atoms with E-state index in [1.807, 2.05) is 0 Å². The van der Waals surface area contributed by atoms with E-state index in [4.69, 9.17) is 9.47 Å². The van der Waals surface area contributed by atoms with E-state index in [0.717, 1.165) is 17.7 Å². The zero-order valence-corrected chi connectivity index (χ0v) is 23.5. The van der Waals surface area contributed by atoms with Crippen LogP contribution in [0.25, 0.3) is 10.9 Å². The Labute approximate surface area is 240 Å². The molecule has 3 heterocycles. The van der Waals surface area contributed by atoms with Gasteiger partial charge in [-0.15, -0.1) is 0 Å². The van der Waals surface area contributed by atoms with Crippen molar-refractivity contribution in [2.45, 2.75) is 71.0 Å². The van der Waals surface area contributed by atoms with Gasteiger partial charge < -0.3 is 19.7 Å². The predicted molar refractivity (Wildman–Crippen MR) is 147 cm³/mol. The molecule has 1 atom stereocenters. The van der Waals surface area contributed by atoms with E-state index < -0.39 is 48.9 Å². The van der Waals surface area contributed by atoms with Crippen LogP contribution >= 0.6 is 0 Å². The number of hydrogen-bond acceptors (Lipinski definition) is 7. The number of nitrogens with one attached hydrogen (secondary N) is 2. The number of pyridine rings is 1. The number of halogens is 3. The van der Waals surface area contributed by atoms with Crippen molar-refractivity contribution in [3.05, 3.63) is 48.3 Å². The summed E-state index contributed by atoms with van der Waals surface area (Å²) in [6, 6.07) is 8.40. The van der Waals surface area contributed by atoms with Gasteiger partial charge in [0.15, 0.2) is 0 Å². The number of aromatic nitrogens is 3. The Bertz CT molecular complexity index is 1420. The molecular formula is C28H33F3N6O5. The zero-order valence-electron chi connectivity index (χ0n) is 23.5. The van der Waals surface area contributed by atoms with Crippen LogP contribution in [0.5, 0.6) is 0 Å². The molecule has 1 aromatic carbocycles. The van der Waals surface area contributed by atoms with Gasteiger partial charge in [0, 0.05) is 25.9 Å². The van der Waals surface area contributed by atoms with Gasteiger partial charge in [-0.05, 0) is 45.6 Å². The summed E-state index contributed by atoms with van der Waals surface area (Å²) < 4.78 is 51.7. The van der Waals surface area contributed by atoms with Crippen molar-refractivity contribution < 1.29 is 37.0 Å². The second-order valence-electron chi connectivity index (χ2n) is 10.9. The normalized spacial score (nSPS) is 15.7. The van der Waals surface area contributed by atoms with Gasteiger partial charge in [0.1, 0.15) is 23.2 Å². The molecule has 1 saturated heterocycles. The van der Waals surface area contributed by atoms with Crippen LogP contribution in [0.2, 0.25) is 0 Å². The third kappa shape index (κ3) is 8.41. The summed E-state index contributed by atoms with van der Waals surface area (Å²) in [5, 5.41) is 9.90. The Morgan fingerprint density at radius 2 is 1.86 bits per heavy atom. The molecule has 0 bridgehead atoms. The number of fused-ring (bicyclic) bond motifs is 1. The van der Waals surface area contributed by atoms with Crippen molar-refractivity contribution in [3.8, 4) is 0 Å². The highest BCUT2D eigenvalue weighted by atomic mass is 19.4. The molecule has 11 nitrogen and oxygen atoms in total. The number of rotatable bonds is 7. The minimum absolute atomic E-state index is 0.0307.